The zero-order chi connectivity index (χ0) is 22.9. The Kier molecular flexibility index (Phi) is 6.53. The molecule has 0 radical (unpaired) electrons. The van der Waals surface area contributed by atoms with Gasteiger partial charge in [0.05, 0.1) is 18.2 Å². The highest BCUT2D eigenvalue weighted by Gasteiger charge is 2.30. The van der Waals surface area contributed by atoms with E-state index in [9.17, 15) is 14.3 Å². The third-order valence-electron chi connectivity index (χ3n) is 5.83. The summed E-state index contributed by atoms with van der Waals surface area (Å²) in [4.78, 5) is 18.0. The first-order valence-electron chi connectivity index (χ1n) is 10.6. The first-order valence-corrected chi connectivity index (χ1v) is 10.6. The molecule has 1 saturated heterocycles. The van der Waals surface area contributed by atoms with Crippen molar-refractivity contribution >= 4 is 11.7 Å². The van der Waals surface area contributed by atoms with E-state index in [1.165, 1.54) is 18.3 Å². The highest BCUT2D eigenvalue weighted by Crippen LogP contribution is 2.41. The molecule has 0 unspecified atom stereocenters. The molecule has 1 aliphatic rings. The highest BCUT2D eigenvalue weighted by atomic mass is 19.2. The molecule has 0 atom stereocenters. The van der Waals surface area contributed by atoms with E-state index >= 15 is 4.39 Å². The quantitative estimate of drug-likeness (QED) is 0.664. The van der Waals surface area contributed by atoms with Crippen molar-refractivity contribution in [1.82, 2.24) is 4.98 Å². The number of carboxylic acid groups (broad SMARTS) is 1. The number of carbonyl (C=O) groups is 1. The van der Waals surface area contributed by atoms with Gasteiger partial charge in [0.15, 0.2) is 11.6 Å². The molecule has 2 heterocycles. The third kappa shape index (κ3) is 4.97. The fourth-order valence-corrected chi connectivity index (χ4v) is 3.98. The summed E-state index contributed by atoms with van der Waals surface area (Å²) in [5.74, 6) is -3.22. The Balaban J connectivity index is 2.17. The number of piperidine rings is 1. The van der Waals surface area contributed by atoms with Gasteiger partial charge in [0.25, 0.3) is 0 Å². The van der Waals surface area contributed by atoms with Crippen LogP contribution in [-0.4, -0.2) is 35.3 Å². The van der Waals surface area contributed by atoms with E-state index in [2.05, 4.69) is 23.7 Å². The van der Waals surface area contributed by atoms with Crippen molar-refractivity contribution in [3.8, 4) is 16.9 Å². The second-order valence-corrected chi connectivity index (χ2v) is 9.21. The van der Waals surface area contributed by atoms with Gasteiger partial charge in [-0.1, -0.05) is 13.8 Å². The van der Waals surface area contributed by atoms with Crippen LogP contribution >= 0.6 is 0 Å². The molecule has 1 N–H and O–H groups in total. The molecule has 5 nitrogen and oxygen atoms in total. The number of aliphatic carboxylic acids is 1. The SMILES string of the molecule is Cc1ncc(-c2ccc(OC(C)C)c(F)c2F)c(N2CCC(C)(C)CC2)c1CC(=O)O. The summed E-state index contributed by atoms with van der Waals surface area (Å²) in [6.45, 7) is 11.0. The van der Waals surface area contributed by atoms with Crippen LogP contribution in [0.3, 0.4) is 0 Å². The zero-order valence-electron chi connectivity index (χ0n) is 18.8. The molecule has 7 heteroatoms. The number of carboxylic acids is 1. The van der Waals surface area contributed by atoms with Gasteiger partial charge in [0, 0.05) is 41.7 Å². The molecular formula is C24H30F2N2O3. The number of anilines is 1. The van der Waals surface area contributed by atoms with Gasteiger partial charge in [-0.15, -0.1) is 0 Å². The number of halogens is 2. The lowest BCUT2D eigenvalue weighted by Gasteiger charge is -2.40. The third-order valence-corrected chi connectivity index (χ3v) is 5.83. The molecular weight excluding hydrogens is 402 g/mol. The molecule has 1 aromatic carbocycles. The van der Waals surface area contributed by atoms with E-state index in [-0.39, 0.29) is 29.3 Å². The molecule has 31 heavy (non-hydrogen) atoms. The summed E-state index contributed by atoms with van der Waals surface area (Å²) in [5.41, 5.74) is 2.36. The van der Waals surface area contributed by atoms with Crippen molar-refractivity contribution in [2.24, 2.45) is 5.41 Å². The maximum Gasteiger partial charge on any atom is 0.307 e. The molecule has 0 spiro atoms. The standard InChI is InChI=1S/C24H30F2N2O3/c1-14(2)31-19-7-6-16(21(25)22(19)26)18-13-27-15(3)17(12-20(29)30)23(18)28-10-8-24(4,5)9-11-28/h6-7,13-14H,8-12H2,1-5H3,(H,29,30). The Bertz CT molecular complexity index is 979. The fourth-order valence-electron chi connectivity index (χ4n) is 3.98. The molecule has 0 amide bonds. The number of aromatic nitrogens is 1. The van der Waals surface area contributed by atoms with Gasteiger partial charge < -0.3 is 14.7 Å². The Labute approximate surface area is 182 Å². The number of pyridine rings is 1. The molecule has 0 bridgehead atoms. The minimum Gasteiger partial charge on any atom is -0.488 e. The number of rotatable bonds is 6. The molecule has 2 aromatic rings. The molecule has 0 aliphatic carbocycles. The summed E-state index contributed by atoms with van der Waals surface area (Å²) >= 11 is 0. The van der Waals surface area contributed by atoms with Crippen molar-refractivity contribution in [3.05, 3.63) is 41.2 Å². The van der Waals surface area contributed by atoms with Crippen molar-refractivity contribution in [3.63, 3.8) is 0 Å². The maximum atomic E-state index is 15.1. The number of aryl methyl sites for hydroxylation is 1. The second-order valence-electron chi connectivity index (χ2n) is 9.21. The lowest BCUT2D eigenvalue weighted by atomic mass is 9.82. The van der Waals surface area contributed by atoms with Crippen LogP contribution in [0, 0.1) is 24.0 Å². The van der Waals surface area contributed by atoms with Crippen LogP contribution in [0.5, 0.6) is 5.75 Å². The number of ether oxygens (including phenoxy) is 1. The van der Waals surface area contributed by atoms with Gasteiger partial charge >= 0.3 is 5.97 Å². The first kappa shape index (κ1) is 23.0. The van der Waals surface area contributed by atoms with E-state index in [1.807, 2.05) is 0 Å². The Morgan fingerprint density at radius 2 is 1.84 bits per heavy atom. The number of hydrogen-bond acceptors (Lipinski definition) is 4. The van der Waals surface area contributed by atoms with E-state index in [1.54, 1.807) is 20.8 Å². The van der Waals surface area contributed by atoms with Crippen molar-refractivity contribution < 1.29 is 23.4 Å². The molecule has 0 saturated carbocycles. The predicted molar refractivity (Wildman–Crippen MR) is 117 cm³/mol. The maximum absolute atomic E-state index is 15.1. The summed E-state index contributed by atoms with van der Waals surface area (Å²) in [5, 5.41) is 9.48. The normalized spacial score (nSPS) is 15.9. The van der Waals surface area contributed by atoms with E-state index in [0.29, 0.717) is 35.6 Å². The van der Waals surface area contributed by atoms with Crippen molar-refractivity contribution in [2.75, 3.05) is 18.0 Å². The van der Waals surface area contributed by atoms with Gasteiger partial charge in [-0.3, -0.25) is 9.78 Å². The minimum absolute atomic E-state index is 0.0487. The lowest BCUT2D eigenvalue weighted by molar-refractivity contribution is -0.136. The predicted octanol–water partition coefficient (Wildman–Crippen LogP) is 5.38. The average molecular weight is 433 g/mol. The lowest BCUT2D eigenvalue weighted by Crippen LogP contribution is -2.38. The van der Waals surface area contributed by atoms with Crippen LogP contribution < -0.4 is 9.64 Å². The fraction of sp³-hybridized carbons (Fsp3) is 0.500. The Morgan fingerprint density at radius 1 is 1.19 bits per heavy atom. The first-order chi connectivity index (χ1) is 14.5. The van der Waals surface area contributed by atoms with E-state index < -0.39 is 17.6 Å². The van der Waals surface area contributed by atoms with Gasteiger partial charge in [-0.05, 0) is 51.2 Å². The number of hydrogen-bond donors (Lipinski definition) is 1. The monoisotopic (exact) mass is 432 g/mol. The summed E-state index contributed by atoms with van der Waals surface area (Å²) in [6, 6.07) is 2.89. The molecule has 3 rings (SSSR count). The van der Waals surface area contributed by atoms with Crippen LogP contribution in [0.2, 0.25) is 0 Å². The molecule has 1 aliphatic heterocycles. The number of nitrogens with zero attached hydrogens (tertiary/aromatic N) is 2. The van der Waals surface area contributed by atoms with Crippen LogP contribution in [0.1, 0.15) is 51.8 Å². The van der Waals surface area contributed by atoms with Crippen LogP contribution in [0.15, 0.2) is 18.3 Å². The van der Waals surface area contributed by atoms with Gasteiger partial charge in [0.1, 0.15) is 0 Å². The van der Waals surface area contributed by atoms with Crippen LogP contribution in [0.4, 0.5) is 14.5 Å². The topological polar surface area (TPSA) is 62.7 Å². The van der Waals surface area contributed by atoms with Crippen LogP contribution in [0.25, 0.3) is 11.1 Å². The average Bonchev–Trinajstić information content (AvgIpc) is 2.67. The second kappa shape index (κ2) is 8.81. The smallest absolute Gasteiger partial charge is 0.307 e. The highest BCUT2D eigenvalue weighted by molar-refractivity contribution is 5.85. The van der Waals surface area contributed by atoms with Gasteiger partial charge in [-0.2, -0.15) is 4.39 Å². The van der Waals surface area contributed by atoms with Crippen molar-refractivity contribution in [1.29, 1.82) is 0 Å². The Morgan fingerprint density at radius 3 is 2.42 bits per heavy atom. The zero-order valence-corrected chi connectivity index (χ0v) is 18.8. The van der Waals surface area contributed by atoms with Crippen LogP contribution in [-0.2, 0) is 11.2 Å². The summed E-state index contributed by atoms with van der Waals surface area (Å²) in [7, 11) is 0. The van der Waals surface area contributed by atoms with Gasteiger partial charge in [-0.25, -0.2) is 4.39 Å². The summed E-state index contributed by atoms with van der Waals surface area (Å²) < 4.78 is 35.3. The van der Waals surface area contributed by atoms with E-state index in [4.69, 9.17) is 4.74 Å². The largest absolute Gasteiger partial charge is 0.488 e. The molecule has 1 aromatic heterocycles. The van der Waals surface area contributed by atoms with Gasteiger partial charge in [0.2, 0.25) is 5.82 Å². The Hall–Kier alpha value is -2.70. The van der Waals surface area contributed by atoms with Crippen molar-refractivity contribution in [2.45, 2.75) is 60.0 Å². The summed E-state index contributed by atoms with van der Waals surface area (Å²) in [6.07, 6.45) is 2.81. The number of benzene rings is 1. The minimum atomic E-state index is -1.06. The van der Waals surface area contributed by atoms with E-state index in [0.717, 1.165) is 12.8 Å². The molecule has 168 valence electrons. The molecule has 1 fully saturated rings.